The molecule has 1 rings (SSSR count). The summed E-state index contributed by atoms with van der Waals surface area (Å²) in [7, 11) is 0. The molecule has 0 spiro atoms. The third kappa shape index (κ3) is 5.19. The summed E-state index contributed by atoms with van der Waals surface area (Å²) in [6.07, 6.45) is 7.51. The predicted molar refractivity (Wildman–Crippen MR) is 75.1 cm³/mol. The molecule has 0 aliphatic heterocycles. The van der Waals surface area contributed by atoms with Crippen molar-refractivity contribution in [1.29, 1.82) is 0 Å². The van der Waals surface area contributed by atoms with Crippen LogP contribution in [0.4, 0.5) is 0 Å². The fraction of sp³-hybridized carbons (Fsp3) is 0.235. The van der Waals surface area contributed by atoms with Gasteiger partial charge in [0.1, 0.15) is 0 Å². The van der Waals surface area contributed by atoms with Crippen molar-refractivity contribution in [2.24, 2.45) is 0 Å². The number of carbonyl (C=O) groups excluding carboxylic acids is 1. The van der Waals surface area contributed by atoms with E-state index in [0.717, 1.165) is 24.7 Å². The number of carbonyl (C=O) groups is 1. The Labute approximate surface area is 109 Å². The van der Waals surface area contributed by atoms with Crippen LogP contribution < -0.4 is 0 Å². The SMILES string of the molecule is CCCCC#CC=CC#Cc1ccccc1C=O. The van der Waals surface area contributed by atoms with Crippen LogP contribution in [0.2, 0.25) is 0 Å². The van der Waals surface area contributed by atoms with Gasteiger partial charge in [-0.2, -0.15) is 0 Å². The molecule has 0 fully saturated rings. The molecular formula is C17H16O. The van der Waals surface area contributed by atoms with Gasteiger partial charge in [-0.3, -0.25) is 4.79 Å². The lowest BCUT2D eigenvalue weighted by atomic mass is 10.1. The molecule has 1 heteroatoms. The van der Waals surface area contributed by atoms with E-state index in [4.69, 9.17) is 0 Å². The van der Waals surface area contributed by atoms with Crippen LogP contribution in [0.1, 0.15) is 42.1 Å². The second-order valence-electron chi connectivity index (χ2n) is 3.73. The van der Waals surface area contributed by atoms with Gasteiger partial charge in [0, 0.05) is 17.5 Å². The van der Waals surface area contributed by atoms with Crippen molar-refractivity contribution in [2.45, 2.75) is 26.2 Å². The smallest absolute Gasteiger partial charge is 0.151 e. The van der Waals surface area contributed by atoms with Crippen molar-refractivity contribution in [1.82, 2.24) is 0 Å². The van der Waals surface area contributed by atoms with Gasteiger partial charge in [0.15, 0.2) is 6.29 Å². The number of unbranched alkanes of at least 4 members (excludes halogenated alkanes) is 2. The minimum absolute atomic E-state index is 0.618. The zero-order valence-corrected chi connectivity index (χ0v) is 10.6. The highest BCUT2D eigenvalue weighted by Gasteiger charge is 1.94. The maximum Gasteiger partial charge on any atom is 0.151 e. The van der Waals surface area contributed by atoms with Crippen molar-refractivity contribution in [2.75, 3.05) is 0 Å². The highest BCUT2D eigenvalue weighted by atomic mass is 16.1. The molecule has 0 radical (unpaired) electrons. The lowest BCUT2D eigenvalue weighted by Crippen LogP contribution is -1.84. The van der Waals surface area contributed by atoms with Gasteiger partial charge in [-0.15, -0.1) is 0 Å². The summed E-state index contributed by atoms with van der Waals surface area (Å²) in [6, 6.07) is 7.28. The van der Waals surface area contributed by atoms with Gasteiger partial charge in [0.25, 0.3) is 0 Å². The van der Waals surface area contributed by atoms with Crippen LogP contribution in [0.5, 0.6) is 0 Å². The largest absolute Gasteiger partial charge is 0.298 e. The number of aldehydes is 1. The second-order valence-corrected chi connectivity index (χ2v) is 3.73. The Morgan fingerprint density at radius 2 is 1.94 bits per heavy atom. The molecule has 0 aliphatic rings. The van der Waals surface area contributed by atoms with Gasteiger partial charge in [0.2, 0.25) is 0 Å². The Bertz CT molecular complexity index is 530. The van der Waals surface area contributed by atoms with Crippen LogP contribution in [-0.4, -0.2) is 6.29 Å². The second kappa shape index (κ2) is 8.85. The maximum absolute atomic E-state index is 10.8. The molecule has 0 N–H and O–H groups in total. The van der Waals surface area contributed by atoms with E-state index in [1.807, 2.05) is 18.2 Å². The first-order valence-corrected chi connectivity index (χ1v) is 6.07. The van der Waals surface area contributed by atoms with E-state index in [1.165, 1.54) is 6.42 Å². The van der Waals surface area contributed by atoms with Crippen LogP contribution >= 0.6 is 0 Å². The van der Waals surface area contributed by atoms with E-state index in [9.17, 15) is 4.79 Å². The Kier molecular flexibility index (Phi) is 6.79. The van der Waals surface area contributed by atoms with Crippen LogP contribution in [0.15, 0.2) is 36.4 Å². The summed E-state index contributed by atoms with van der Waals surface area (Å²) in [5, 5.41) is 0. The van der Waals surface area contributed by atoms with Crippen molar-refractivity contribution in [3.63, 3.8) is 0 Å². The molecule has 0 saturated carbocycles. The van der Waals surface area contributed by atoms with Crippen LogP contribution in [-0.2, 0) is 0 Å². The van der Waals surface area contributed by atoms with E-state index in [2.05, 4.69) is 30.6 Å². The molecule has 0 bridgehead atoms. The molecule has 18 heavy (non-hydrogen) atoms. The molecule has 0 aromatic heterocycles. The third-order valence-electron chi connectivity index (χ3n) is 2.30. The third-order valence-corrected chi connectivity index (χ3v) is 2.30. The van der Waals surface area contributed by atoms with Gasteiger partial charge in [-0.05, 0) is 24.6 Å². The van der Waals surface area contributed by atoms with Gasteiger partial charge in [-0.1, -0.05) is 55.2 Å². The monoisotopic (exact) mass is 236 g/mol. The summed E-state index contributed by atoms with van der Waals surface area (Å²) in [5.74, 6) is 11.8. The first kappa shape index (κ1) is 13.8. The molecule has 1 nitrogen and oxygen atoms in total. The van der Waals surface area contributed by atoms with E-state index < -0.39 is 0 Å². The van der Waals surface area contributed by atoms with Crippen LogP contribution in [0.3, 0.4) is 0 Å². The molecule has 0 aliphatic carbocycles. The highest BCUT2D eigenvalue weighted by Crippen LogP contribution is 2.03. The number of hydrogen-bond acceptors (Lipinski definition) is 1. The normalized spacial score (nSPS) is 9.17. The fourth-order valence-electron chi connectivity index (χ4n) is 1.31. The Morgan fingerprint density at radius 1 is 1.17 bits per heavy atom. The number of allylic oxidation sites excluding steroid dienone is 2. The molecular weight excluding hydrogens is 220 g/mol. The molecule has 1 aromatic carbocycles. The minimum Gasteiger partial charge on any atom is -0.298 e. The van der Waals surface area contributed by atoms with Crippen LogP contribution in [0, 0.1) is 23.7 Å². The quantitative estimate of drug-likeness (QED) is 0.445. The van der Waals surface area contributed by atoms with Gasteiger partial charge < -0.3 is 0 Å². The zero-order valence-electron chi connectivity index (χ0n) is 10.6. The molecule has 1 aromatic rings. The Balaban J connectivity index is 2.57. The maximum atomic E-state index is 10.8. The summed E-state index contributed by atoms with van der Waals surface area (Å²) >= 11 is 0. The van der Waals surface area contributed by atoms with Gasteiger partial charge >= 0.3 is 0 Å². The van der Waals surface area contributed by atoms with E-state index in [0.29, 0.717) is 5.56 Å². The number of hydrogen-bond donors (Lipinski definition) is 0. The van der Waals surface area contributed by atoms with Crippen molar-refractivity contribution in [3.8, 4) is 23.7 Å². The van der Waals surface area contributed by atoms with E-state index >= 15 is 0 Å². The summed E-state index contributed by atoms with van der Waals surface area (Å²) in [6.45, 7) is 2.15. The predicted octanol–water partition coefficient (Wildman–Crippen LogP) is 3.60. The summed E-state index contributed by atoms with van der Waals surface area (Å²) < 4.78 is 0. The Morgan fingerprint density at radius 3 is 2.72 bits per heavy atom. The summed E-state index contributed by atoms with van der Waals surface area (Å²) in [5.41, 5.74) is 1.36. The average Bonchev–Trinajstić information content (AvgIpc) is 2.42. The molecule has 0 atom stereocenters. The van der Waals surface area contributed by atoms with Crippen LogP contribution in [0.25, 0.3) is 0 Å². The molecule has 0 unspecified atom stereocenters. The number of benzene rings is 1. The van der Waals surface area contributed by atoms with Crippen molar-refractivity contribution in [3.05, 3.63) is 47.5 Å². The molecule has 0 saturated heterocycles. The Hall–Kier alpha value is -2.25. The van der Waals surface area contributed by atoms with Crippen molar-refractivity contribution < 1.29 is 4.79 Å². The first-order valence-electron chi connectivity index (χ1n) is 6.07. The lowest BCUT2D eigenvalue weighted by Gasteiger charge is -1.92. The van der Waals surface area contributed by atoms with Gasteiger partial charge in [-0.25, -0.2) is 0 Å². The van der Waals surface area contributed by atoms with E-state index in [-0.39, 0.29) is 0 Å². The zero-order chi connectivity index (χ0) is 13.1. The van der Waals surface area contributed by atoms with Crippen molar-refractivity contribution >= 4 is 6.29 Å². The van der Waals surface area contributed by atoms with Gasteiger partial charge in [0.05, 0.1) is 0 Å². The fourth-order valence-corrected chi connectivity index (χ4v) is 1.31. The summed E-state index contributed by atoms with van der Waals surface area (Å²) in [4.78, 5) is 10.8. The standard InChI is InChI=1S/C17H16O/c1-2-3-4-5-6-7-8-9-12-16-13-10-11-14-17(16)15-18/h7-8,10-11,13-15H,2-4H2,1H3. The van der Waals surface area contributed by atoms with E-state index in [1.54, 1.807) is 18.2 Å². The molecule has 0 amide bonds. The number of rotatable bonds is 3. The minimum atomic E-state index is 0.618. The topological polar surface area (TPSA) is 17.1 Å². The lowest BCUT2D eigenvalue weighted by molar-refractivity contribution is 0.112. The molecule has 0 heterocycles. The molecule has 90 valence electrons. The average molecular weight is 236 g/mol. The highest BCUT2D eigenvalue weighted by molar-refractivity contribution is 5.79. The first-order chi connectivity index (χ1) is 8.88.